The molecule has 0 aromatic carbocycles. The van der Waals surface area contributed by atoms with Crippen LogP contribution in [0.5, 0.6) is 0 Å². The Morgan fingerprint density at radius 3 is 2.75 bits per heavy atom. The average molecular weight is 184 g/mol. The molecule has 0 spiro atoms. The lowest BCUT2D eigenvalue weighted by atomic mass is 10.0. The van der Waals surface area contributed by atoms with Crippen molar-refractivity contribution in [3.05, 3.63) is 29.0 Å². The molecule has 0 aliphatic carbocycles. The van der Waals surface area contributed by atoms with Crippen molar-refractivity contribution in [1.82, 2.24) is 4.98 Å². The van der Waals surface area contributed by atoms with E-state index < -0.39 is 0 Å². The fourth-order valence-corrected chi connectivity index (χ4v) is 1.24. The van der Waals surface area contributed by atoms with Crippen LogP contribution in [0.1, 0.15) is 25.8 Å². The van der Waals surface area contributed by atoms with Crippen molar-refractivity contribution in [3.8, 4) is 0 Å². The van der Waals surface area contributed by atoms with Gasteiger partial charge in [-0.15, -0.1) is 0 Å². The molecule has 0 unspecified atom stereocenters. The highest BCUT2D eigenvalue weighted by atomic mass is 35.5. The number of aromatic nitrogens is 1. The van der Waals surface area contributed by atoms with Gasteiger partial charge < -0.3 is 0 Å². The van der Waals surface area contributed by atoms with Crippen molar-refractivity contribution in [2.75, 3.05) is 0 Å². The molecule has 1 heterocycles. The fourth-order valence-electron chi connectivity index (χ4n) is 1.05. The van der Waals surface area contributed by atoms with E-state index in [2.05, 4.69) is 18.8 Å². The summed E-state index contributed by atoms with van der Waals surface area (Å²) in [6.07, 6.45) is 5.82. The number of nitrogens with zero attached hydrogens (tertiary/aromatic N) is 1. The van der Waals surface area contributed by atoms with Crippen LogP contribution < -0.4 is 0 Å². The second-order valence-electron chi connectivity index (χ2n) is 3.44. The molecule has 0 saturated carbocycles. The van der Waals surface area contributed by atoms with Gasteiger partial charge in [0.15, 0.2) is 0 Å². The van der Waals surface area contributed by atoms with Gasteiger partial charge in [0.25, 0.3) is 0 Å². The standard InChI is InChI=1S/C10H14ClN/c1-8(2)3-4-9-5-10(11)7-12-6-9/h5-8H,3-4H2,1-2H3. The summed E-state index contributed by atoms with van der Waals surface area (Å²) in [5.74, 6) is 0.740. The summed E-state index contributed by atoms with van der Waals surface area (Å²) in [7, 11) is 0. The Morgan fingerprint density at radius 2 is 2.17 bits per heavy atom. The molecule has 0 aliphatic heterocycles. The van der Waals surface area contributed by atoms with E-state index in [-0.39, 0.29) is 0 Å². The van der Waals surface area contributed by atoms with E-state index in [0.29, 0.717) is 0 Å². The SMILES string of the molecule is CC(C)CCc1cncc(Cl)c1. The van der Waals surface area contributed by atoms with E-state index in [9.17, 15) is 0 Å². The Balaban J connectivity index is 2.52. The molecule has 0 amide bonds. The third-order valence-electron chi connectivity index (χ3n) is 1.77. The summed E-state index contributed by atoms with van der Waals surface area (Å²) in [4.78, 5) is 4.03. The lowest BCUT2D eigenvalue weighted by Gasteiger charge is -2.03. The van der Waals surface area contributed by atoms with Crippen LogP contribution in [0, 0.1) is 5.92 Å². The molecule has 0 aliphatic rings. The van der Waals surface area contributed by atoms with E-state index in [1.165, 1.54) is 12.0 Å². The molecular weight excluding hydrogens is 170 g/mol. The molecule has 1 nitrogen and oxygen atoms in total. The molecule has 0 fully saturated rings. The van der Waals surface area contributed by atoms with E-state index >= 15 is 0 Å². The van der Waals surface area contributed by atoms with Gasteiger partial charge >= 0.3 is 0 Å². The number of aryl methyl sites for hydroxylation is 1. The molecule has 0 atom stereocenters. The third kappa shape index (κ3) is 3.22. The topological polar surface area (TPSA) is 12.9 Å². The first-order valence-electron chi connectivity index (χ1n) is 4.28. The predicted molar refractivity (Wildman–Crippen MR) is 52.4 cm³/mol. The maximum absolute atomic E-state index is 5.80. The van der Waals surface area contributed by atoms with Crippen molar-refractivity contribution in [2.45, 2.75) is 26.7 Å². The summed E-state index contributed by atoms with van der Waals surface area (Å²) in [6, 6.07) is 1.98. The molecule has 2 heteroatoms. The molecule has 1 rings (SSSR count). The normalized spacial score (nSPS) is 10.7. The zero-order chi connectivity index (χ0) is 8.97. The van der Waals surface area contributed by atoms with Crippen molar-refractivity contribution in [2.24, 2.45) is 5.92 Å². The van der Waals surface area contributed by atoms with E-state index in [0.717, 1.165) is 17.4 Å². The van der Waals surface area contributed by atoms with E-state index in [1.807, 2.05) is 12.3 Å². The Hall–Kier alpha value is -0.560. The zero-order valence-corrected chi connectivity index (χ0v) is 8.30. The maximum Gasteiger partial charge on any atom is 0.0592 e. The van der Waals surface area contributed by atoms with Gasteiger partial charge in [-0.2, -0.15) is 0 Å². The van der Waals surface area contributed by atoms with Crippen LogP contribution in [0.3, 0.4) is 0 Å². The molecule has 0 bridgehead atoms. The minimum Gasteiger partial charge on any atom is -0.263 e. The van der Waals surface area contributed by atoms with Gasteiger partial charge in [0.1, 0.15) is 0 Å². The van der Waals surface area contributed by atoms with Crippen molar-refractivity contribution >= 4 is 11.6 Å². The van der Waals surface area contributed by atoms with Gasteiger partial charge in [0, 0.05) is 12.4 Å². The van der Waals surface area contributed by atoms with Crippen LogP contribution in [0.4, 0.5) is 0 Å². The number of hydrogen-bond donors (Lipinski definition) is 0. The Labute approximate surface area is 78.8 Å². The van der Waals surface area contributed by atoms with Crippen molar-refractivity contribution in [1.29, 1.82) is 0 Å². The smallest absolute Gasteiger partial charge is 0.0592 e. The maximum atomic E-state index is 5.80. The first kappa shape index (κ1) is 9.53. The highest BCUT2D eigenvalue weighted by Crippen LogP contribution is 2.12. The fraction of sp³-hybridized carbons (Fsp3) is 0.500. The van der Waals surface area contributed by atoms with Crippen LogP contribution in [0.2, 0.25) is 5.02 Å². The average Bonchev–Trinajstić information content (AvgIpc) is 2.01. The second kappa shape index (κ2) is 4.46. The predicted octanol–water partition coefficient (Wildman–Crippen LogP) is 3.32. The minimum absolute atomic E-state index is 0.733. The summed E-state index contributed by atoms with van der Waals surface area (Å²) in [5.41, 5.74) is 1.23. The van der Waals surface area contributed by atoms with Crippen LogP contribution >= 0.6 is 11.6 Å². The lowest BCUT2D eigenvalue weighted by molar-refractivity contribution is 0.586. The van der Waals surface area contributed by atoms with Gasteiger partial charge in [-0.25, -0.2) is 0 Å². The van der Waals surface area contributed by atoms with Crippen LogP contribution in [0.25, 0.3) is 0 Å². The van der Waals surface area contributed by atoms with Crippen molar-refractivity contribution < 1.29 is 0 Å². The number of halogens is 1. The molecule has 1 aromatic rings. The van der Waals surface area contributed by atoms with E-state index in [4.69, 9.17) is 11.6 Å². The summed E-state index contributed by atoms with van der Waals surface area (Å²) in [5, 5.41) is 0.733. The number of pyridine rings is 1. The quantitative estimate of drug-likeness (QED) is 0.701. The molecule has 0 saturated heterocycles. The van der Waals surface area contributed by atoms with Crippen LogP contribution in [-0.4, -0.2) is 4.98 Å². The first-order chi connectivity index (χ1) is 5.68. The molecule has 66 valence electrons. The summed E-state index contributed by atoms with van der Waals surface area (Å²) >= 11 is 5.80. The van der Waals surface area contributed by atoms with Gasteiger partial charge in [-0.3, -0.25) is 4.98 Å². The third-order valence-corrected chi connectivity index (χ3v) is 1.98. The Kier molecular flexibility index (Phi) is 3.54. The van der Waals surface area contributed by atoms with Crippen molar-refractivity contribution in [3.63, 3.8) is 0 Å². The van der Waals surface area contributed by atoms with Gasteiger partial charge in [0.2, 0.25) is 0 Å². The number of hydrogen-bond acceptors (Lipinski definition) is 1. The van der Waals surface area contributed by atoms with Crippen LogP contribution in [0.15, 0.2) is 18.5 Å². The molecule has 1 aromatic heterocycles. The highest BCUT2D eigenvalue weighted by molar-refractivity contribution is 6.30. The molecule has 0 radical (unpaired) electrons. The molecular formula is C10H14ClN. The molecule has 0 N–H and O–H groups in total. The summed E-state index contributed by atoms with van der Waals surface area (Å²) in [6.45, 7) is 4.44. The minimum atomic E-state index is 0.733. The summed E-state index contributed by atoms with van der Waals surface area (Å²) < 4.78 is 0. The largest absolute Gasteiger partial charge is 0.263 e. The Morgan fingerprint density at radius 1 is 1.42 bits per heavy atom. The van der Waals surface area contributed by atoms with Crippen LogP contribution in [-0.2, 0) is 6.42 Å². The second-order valence-corrected chi connectivity index (χ2v) is 3.88. The zero-order valence-electron chi connectivity index (χ0n) is 7.55. The van der Waals surface area contributed by atoms with Gasteiger partial charge in [-0.05, 0) is 30.4 Å². The monoisotopic (exact) mass is 183 g/mol. The molecule has 12 heavy (non-hydrogen) atoms. The Bertz CT molecular complexity index is 245. The number of rotatable bonds is 3. The van der Waals surface area contributed by atoms with Gasteiger partial charge in [0.05, 0.1) is 5.02 Å². The lowest BCUT2D eigenvalue weighted by Crippen LogP contribution is -1.92. The highest BCUT2D eigenvalue weighted by Gasteiger charge is 1.97. The first-order valence-corrected chi connectivity index (χ1v) is 4.65. The van der Waals surface area contributed by atoms with Gasteiger partial charge in [-0.1, -0.05) is 25.4 Å². The van der Waals surface area contributed by atoms with E-state index in [1.54, 1.807) is 6.20 Å².